The van der Waals surface area contributed by atoms with Crippen LogP contribution in [-0.4, -0.2) is 32.5 Å². The van der Waals surface area contributed by atoms with E-state index in [4.69, 9.17) is 37.8 Å². The van der Waals surface area contributed by atoms with Gasteiger partial charge in [0.2, 0.25) is 11.7 Å². The first-order valence-corrected chi connectivity index (χ1v) is 7.41. The van der Waals surface area contributed by atoms with Crippen LogP contribution in [-0.2, 0) is 4.79 Å². The Hall–Kier alpha value is -2.05. The van der Waals surface area contributed by atoms with Gasteiger partial charge in [-0.2, -0.15) is 0 Å². The number of aliphatic carboxylic acids is 1. The van der Waals surface area contributed by atoms with E-state index < -0.39 is 17.3 Å². The Bertz CT molecular complexity index is 682. The molecule has 1 atom stereocenters. The minimum atomic E-state index is -1.12. The highest BCUT2D eigenvalue weighted by Gasteiger charge is 2.16. The second-order valence-electron chi connectivity index (χ2n) is 4.46. The molecule has 2 aromatic rings. The molecule has 124 valence electrons. The smallest absolute Gasteiger partial charge is 0.373 e. The first kappa shape index (κ1) is 19.0. The molecular formula is C15H15Cl2NO5. The summed E-state index contributed by atoms with van der Waals surface area (Å²) in [5.74, 6) is -1.91. The number of halogens is 2. The molecule has 0 spiro atoms. The number of benzene rings is 1. The van der Waals surface area contributed by atoms with Crippen LogP contribution < -0.4 is 0 Å². The van der Waals surface area contributed by atoms with E-state index in [0.717, 1.165) is 0 Å². The van der Waals surface area contributed by atoms with Crippen molar-refractivity contribution >= 4 is 35.1 Å². The number of aromatic nitrogens is 1. The van der Waals surface area contributed by atoms with E-state index in [-0.39, 0.29) is 11.7 Å². The van der Waals surface area contributed by atoms with Crippen molar-refractivity contribution in [2.24, 2.45) is 0 Å². The van der Waals surface area contributed by atoms with Crippen molar-refractivity contribution in [1.29, 1.82) is 0 Å². The number of carboxylic acids is 2. The summed E-state index contributed by atoms with van der Waals surface area (Å²) < 4.78 is 5.15. The summed E-state index contributed by atoms with van der Waals surface area (Å²) in [5.41, 5.74) is 1.05. The number of alkyl halides is 1. The van der Waals surface area contributed by atoms with Crippen molar-refractivity contribution in [2.45, 2.75) is 25.6 Å². The molecule has 0 radical (unpaired) electrons. The Morgan fingerprint density at radius 1 is 1.26 bits per heavy atom. The second-order valence-corrected chi connectivity index (χ2v) is 5.42. The molecule has 6 nitrogen and oxygen atoms in total. The molecule has 8 heteroatoms. The van der Waals surface area contributed by atoms with Gasteiger partial charge in [0.25, 0.3) is 0 Å². The third kappa shape index (κ3) is 5.58. The number of carboxylic acid groups (broad SMARTS) is 2. The molecule has 1 aromatic heterocycles. The summed E-state index contributed by atoms with van der Waals surface area (Å²) in [6, 6.07) is 6.83. The molecule has 0 aliphatic carbocycles. The SMILES string of the molecule is CCC(Cl)C(=O)O.Cc1nc(-c2ccc(Cl)cc2)oc1C(=O)O. The molecule has 0 fully saturated rings. The molecule has 1 aromatic carbocycles. The number of rotatable bonds is 4. The largest absolute Gasteiger partial charge is 0.480 e. The Balaban J connectivity index is 0.000000322. The van der Waals surface area contributed by atoms with Crippen LogP contribution >= 0.6 is 23.2 Å². The van der Waals surface area contributed by atoms with Gasteiger partial charge in [0.05, 0.1) is 5.69 Å². The van der Waals surface area contributed by atoms with Crippen molar-refractivity contribution < 1.29 is 24.2 Å². The summed E-state index contributed by atoms with van der Waals surface area (Å²) in [5, 5.41) is 16.8. The maximum atomic E-state index is 10.8. The predicted octanol–water partition coefficient (Wildman–Crippen LogP) is 4.09. The van der Waals surface area contributed by atoms with Gasteiger partial charge < -0.3 is 14.6 Å². The zero-order chi connectivity index (χ0) is 17.6. The number of aryl methyl sites for hydroxylation is 1. The van der Waals surface area contributed by atoms with Gasteiger partial charge in [-0.15, -0.1) is 11.6 Å². The van der Waals surface area contributed by atoms with Crippen molar-refractivity contribution in [3.63, 3.8) is 0 Å². The van der Waals surface area contributed by atoms with Gasteiger partial charge in [-0.3, -0.25) is 4.79 Å². The van der Waals surface area contributed by atoms with E-state index in [2.05, 4.69) is 4.98 Å². The molecule has 0 saturated carbocycles. The normalized spacial score (nSPS) is 11.3. The van der Waals surface area contributed by atoms with Crippen LogP contribution in [0.1, 0.15) is 29.6 Å². The molecule has 23 heavy (non-hydrogen) atoms. The average molecular weight is 360 g/mol. The molecule has 0 bridgehead atoms. The summed E-state index contributed by atoms with van der Waals surface area (Å²) >= 11 is 10.9. The average Bonchev–Trinajstić information content (AvgIpc) is 2.89. The molecule has 2 rings (SSSR count). The Morgan fingerprint density at radius 3 is 2.17 bits per heavy atom. The Kier molecular flexibility index (Phi) is 7.06. The van der Waals surface area contributed by atoms with E-state index in [1.165, 1.54) is 0 Å². The van der Waals surface area contributed by atoms with Gasteiger partial charge in [0, 0.05) is 10.6 Å². The van der Waals surface area contributed by atoms with Crippen molar-refractivity contribution in [2.75, 3.05) is 0 Å². The first-order valence-electron chi connectivity index (χ1n) is 6.59. The van der Waals surface area contributed by atoms with Gasteiger partial charge in [-0.25, -0.2) is 9.78 Å². The van der Waals surface area contributed by atoms with Crippen LogP contribution in [0.3, 0.4) is 0 Å². The molecule has 1 unspecified atom stereocenters. The summed E-state index contributed by atoms with van der Waals surface area (Å²) in [6.07, 6.45) is 0.483. The topological polar surface area (TPSA) is 101 Å². The van der Waals surface area contributed by atoms with Crippen LogP contribution in [0.2, 0.25) is 5.02 Å². The maximum Gasteiger partial charge on any atom is 0.373 e. The van der Waals surface area contributed by atoms with E-state index in [0.29, 0.717) is 22.7 Å². The van der Waals surface area contributed by atoms with Gasteiger partial charge in [0.1, 0.15) is 5.38 Å². The standard InChI is InChI=1S/C11H8ClNO3.C4H7ClO2/c1-6-9(11(14)15)16-10(13-6)7-2-4-8(12)5-3-7;1-2-3(5)4(6)7/h2-5H,1H3,(H,14,15);3H,2H2,1H3,(H,6,7). The quantitative estimate of drug-likeness (QED) is 0.797. The Morgan fingerprint density at radius 2 is 1.83 bits per heavy atom. The van der Waals surface area contributed by atoms with E-state index >= 15 is 0 Å². The maximum absolute atomic E-state index is 10.8. The molecule has 0 amide bonds. The monoisotopic (exact) mass is 359 g/mol. The number of hydrogen-bond donors (Lipinski definition) is 2. The minimum absolute atomic E-state index is 0.134. The number of aromatic carboxylic acids is 1. The van der Waals surface area contributed by atoms with Crippen LogP contribution in [0.25, 0.3) is 11.5 Å². The second kappa shape index (κ2) is 8.55. The minimum Gasteiger partial charge on any atom is -0.480 e. The molecule has 0 saturated heterocycles. The summed E-state index contributed by atoms with van der Waals surface area (Å²) in [6.45, 7) is 3.32. The van der Waals surface area contributed by atoms with Crippen molar-refractivity contribution in [1.82, 2.24) is 4.98 Å². The molecular weight excluding hydrogens is 345 g/mol. The van der Waals surface area contributed by atoms with Gasteiger partial charge in [-0.1, -0.05) is 18.5 Å². The van der Waals surface area contributed by atoms with Gasteiger partial charge >= 0.3 is 11.9 Å². The highest BCUT2D eigenvalue weighted by Crippen LogP contribution is 2.23. The van der Waals surface area contributed by atoms with Crippen molar-refractivity contribution in [3.05, 3.63) is 40.7 Å². The van der Waals surface area contributed by atoms with E-state index in [1.807, 2.05) is 0 Å². The Labute approximate surface area is 142 Å². The van der Waals surface area contributed by atoms with Crippen LogP contribution in [0, 0.1) is 6.92 Å². The lowest BCUT2D eigenvalue weighted by Gasteiger charge is -1.94. The lowest BCUT2D eigenvalue weighted by Crippen LogP contribution is -2.10. The fraction of sp³-hybridized carbons (Fsp3) is 0.267. The zero-order valence-electron chi connectivity index (χ0n) is 12.4. The predicted molar refractivity (Wildman–Crippen MR) is 86.2 cm³/mol. The first-order chi connectivity index (χ1) is 10.8. The summed E-state index contributed by atoms with van der Waals surface area (Å²) in [4.78, 5) is 24.6. The number of hydrogen-bond acceptors (Lipinski definition) is 4. The highest BCUT2D eigenvalue weighted by atomic mass is 35.5. The molecule has 0 aliphatic heterocycles. The van der Waals surface area contributed by atoms with Crippen LogP contribution in [0.15, 0.2) is 28.7 Å². The van der Waals surface area contributed by atoms with E-state index in [1.54, 1.807) is 38.1 Å². The fourth-order valence-corrected chi connectivity index (χ4v) is 1.61. The van der Waals surface area contributed by atoms with Crippen molar-refractivity contribution in [3.8, 4) is 11.5 Å². The molecule has 2 N–H and O–H groups in total. The number of carbonyl (C=O) groups is 2. The third-order valence-electron chi connectivity index (χ3n) is 2.71. The van der Waals surface area contributed by atoms with Crippen LogP contribution in [0.5, 0.6) is 0 Å². The zero-order valence-corrected chi connectivity index (χ0v) is 13.9. The molecule has 1 heterocycles. The molecule has 0 aliphatic rings. The number of nitrogens with zero attached hydrogens (tertiary/aromatic N) is 1. The third-order valence-corrected chi connectivity index (χ3v) is 3.46. The summed E-state index contributed by atoms with van der Waals surface area (Å²) in [7, 11) is 0. The lowest BCUT2D eigenvalue weighted by molar-refractivity contribution is -0.136. The van der Waals surface area contributed by atoms with Gasteiger partial charge in [0.15, 0.2) is 0 Å². The van der Waals surface area contributed by atoms with Crippen LogP contribution in [0.4, 0.5) is 0 Å². The fourth-order valence-electron chi connectivity index (χ4n) is 1.49. The lowest BCUT2D eigenvalue weighted by atomic mass is 10.2. The number of oxazole rings is 1. The van der Waals surface area contributed by atoms with Gasteiger partial charge in [-0.05, 0) is 37.6 Å². The van der Waals surface area contributed by atoms with E-state index in [9.17, 15) is 9.59 Å². The highest BCUT2D eigenvalue weighted by molar-refractivity contribution is 6.30.